The lowest BCUT2D eigenvalue weighted by molar-refractivity contribution is 0.0728. The number of benzene rings is 1. The first-order valence-electron chi connectivity index (χ1n) is 8.07. The van der Waals surface area contributed by atoms with Crippen molar-refractivity contribution in [1.29, 1.82) is 0 Å². The van der Waals surface area contributed by atoms with Crippen LogP contribution in [0.1, 0.15) is 27.4 Å². The molecule has 7 nitrogen and oxygen atoms in total. The van der Waals surface area contributed by atoms with Crippen molar-refractivity contribution in [1.82, 2.24) is 20.0 Å². The third-order valence-corrected chi connectivity index (χ3v) is 4.19. The number of carbonyl (C=O) groups excluding carboxylic acids is 1. The fourth-order valence-corrected chi connectivity index (χ4v) is 2.93. The van der Waals surface area contributed by atoms with E-state index in [9.17, 15) is 4.79 Å². The van der Waals surface area contributed by atoms with Crippen LogP contribution < -0.4 is 5.32 Å². The minimum atomic E-state index is -0.101. The summed E-state index contributed by atoms with van der Waals surface area (Å²) in [6, 6.07) is 11.6. The average molecular weight is 335 g/mol. The summed E-state index contributed by atoms with van der Waals surface area (Å²) in [7, 11) is 0. The van der Waals surface area contributed by atoms with Crippen molar-refractivity contribution in [2.45, 2.75) is 19.9 Å². The van der Waals surface area contributed by atoms with Crippen LogP contribution in [0.15, 0.2) is 47.2 Å². The van der Waals surface area contributed by atoms with Crippen molar-refractivity contribution >= 4 is 17.5 Å². The Labute approximate surface area is 144 Å². The van der Waals surface area contributed by atoms with Gasteiger partial charge in [-0.2, -0.15) is 0 Å². The maximum atomic E-state index is 12.8. The second-order valence-electron chi connectivity index (χ2n) is 5.98. The largest absolute Gasteiger partial charge is 0.360 e. The zero-order valence-electron chi connectivity index (χ0n) is 13.8. The number of aromatic nitrogens is 3. The Balaban J connectivity index is 1.52. The van der Waals surface area contributed by atoms with Crippen LogP contribution in [0.3, 0.4) is 0 Å². The first-order chi connectivity index (χ1) is 12.2. The summed E-state index contributed by atoms with van der Waals surface area (Å²) in [6.07, 6.45) is 2.23. The molecule has 0 atom stereocenters. The van der Waals surface area contributed by atoms with E-state index in [1.165, 1.54) is 17.5 Å². The van der Waals surface area contributed by atoms with Crippen molar-refractivity contribution in [3.63, 3.8) is 0 Å². The molecule has 2 aromatic heterocycles. The first kappa shape index (κ1) is 15.3. The first-order valence-corrected chi connectivity index (χ1v) is 8.07. The van der Waals surface area contributed by atoms with Crippen LogP contribution in [0.25, 0.3) is 0 Å². The fraction of sp³-hybridized carbons (Fsp3) is 0.222. The summed E-state index contributed by atoms with van der Waals surface area (Å²) < 4.78 is 5.01. The van der Waals surface area contributed by atoms with E-state index in [4.69, 9.17) is 4.52 Å². The van der Waals surface area contributed by atoms with E-state index in [0.717, 1.165) is 6.42 Å². The summed E-state index contributed by atoms with van der Waals surface area (Å²) in [4.78, 5) is 22.9. The molecule has 25 heavy (non-hydrogen) atoms. The maximum absolute atomic E-state index is 12.8. The average Bonchev–Trinajstić information content (AvgIpc) is 3.05. The molecule has 0 aliphatic carbocycles. The highest BCUT2D eigenvalue weighted by atomic mass is 16.5. The van der Waals surface area contributed by atoms with Gasteiger partial charge in [0.25, 0.3) is 5.91 Å². The van der Waals surface area contributed by atoms with Crippen molar-refractivity contribution in [3.8, 4) is 0 Å². The molecule has 0 fully saturated rings. The zero-order chi connectivity index (χ0) is 17.2. The monoisotopic (exact) mass is 335 g/mol. The molecule has 3 heterocycles. The molecule has 0 saturated carbocycles. The SMILES string of the molecule is Cc1cc(Nc2cc(C(=O)N3CCc4ccccc4C3)ncn2)no1. The van der Waals surface area contributed by atoms with Gasteiger partial charge in [-0.15, -0.1) is 0 Å². The van der Waals surface area contributed by atoms with E-state index in [1.54, 1.807) is 19.1 Å². The van der Waals surface area contributed by atoms with Gasteiger partial charge in [0.1, 0.15) is 23.6 Å². The molecule has 1 N–H and O–H groups in total. The molecule has 0 spiro atoms. The van der Waals surface area contributed by atoms with Crippen molar-refractivity contribution < 1.29 is 9.32 Å². The third-order valence-electron chi connectivity index (χ3n) is 4.19. The topological polar surface area (TPSA) is 84.2 Å². The number of hydrogen-bond acceptors (Lipinski definition) is 6. The lowest BCUT2D eigenvalue weighted by atomic mass is 10.00. The molecular formula is C18H17N5O2. The number of hydrogen-bond donors (Lipinski definition) is 1. The number of fused-ring (bicyclic) bond motifs is 1. The summed E-state index contributed by atoms with van der Waals surface area (Å²) in [5, 5.41) is 6.87. The van der Waals surface area contributed by atoms with Crippen LogP contribution in [0.2, 0.25) is 0 Å². The summed E-state index contributed by atoms with van der Waals surface area (Å²) in [6.45, 7) is 3.09. The predicted octanol–water partition coefficient (Wildman–Crippen LogP) is 2.72. The normalized spacial score (nSPS) is 13.4. The number of aryl methyl sites for hydroxylation is 1. The molecule has 1 aliphatic heterocycles. The summed E-state index contributed by atoms with van der Waals surface area (Å²) in [5.74, 6) is 1.64. The van der Waals surface area contributed by atoms with Gasteiger partial charge >= 0.3 is 0 Å². The van der Waals surface area contributed by atoms with Crippen LogP contribution in [0.4, 0.5) is 11.6 Å². The van der Waals surface area contributed by atoms with Gasteiger partial charge < -0.3 is 14.7 Å². The molecule has 0 unspecified atom stereocenters. The number of amides is 1. The van der Waals surface area contributed by atoms with Crippen LogP contribution in [0.5, 0.6) is 0 Å². The minimum absolute atomic E-state index is 0.101. The Kier molecular flexibility index (Phi) is 3.89. The van der Waals surface area contributed by atoms with Crippen molar-refractivity contribution in [3.05, 3.63) is 65.3 Å². The van der Waals surface area contributed by atoms with Gasteiger partial charge in [0.2, 0.25) is 0 Å². The number of carbonyl (C=O) groups is 1. The van der Waals surface area contributed by atoms with Gasteiger partial charge in [0, 0.05) is 25.2 Å². The van der Waals surface area contributed by atoms with E-state index in [2.05, 4.69) is 32.6 Å². The lowest BCUT2D eigenvalue weighted by Crippen LogP contribution is -2.36. The van der Waals surface area contributed by atoms with Gasteiger partial charge in [0.05, 0.1) is 0 Å². The summed E-state index contributed by atoms with van der Waals surface area (Å²) in [5.41, 5.74) is 2.85. The lowest BCUT2D eigenvalue weighted by Gasteiger charge is -2.28. The Morgan fingerprint density at radius 1 is 1.16 bits per heavy atom. The summed E-state index contributed by atoms with van der Waals surface area (Å²) >= 11 is 0. The molecule has 3 aromatic rings. The second kappa shape index (κ2) is 6.35. The van der Waals surface area contributed by atoms with Crippen LogP contribution in [-0.4, -0.2) is 32.5 Å². The van der Waals surface area contributed by atoms with Gasteiger partial charge in [-0.05, 0) is 24.5 Å². The predicted molar refractivity (Wildman–Crippen MR) is 91.4 cm³/mol. The Morgan fingerprint density at radius 3 is 2.80 bits per heavy atom. The zero-order valence-corrected chi connectivity index (χ0v) is 13.8. The highest BCUT2D eigenvalue weighted by Crippen LogP contribution is 2.21. The van der Waals surface area contributed by atoms with Crippen LogP contribution in [0, 0.1) is 6.92 Å². The molecule has 0 saturated heterocycles. The third kappa shape index (κ3) is 3.21. The quantitative estimate of drug-likeness (QED) is 0.792. The molecular weight excluding hydrogens is 318 g/mol. The van der Waals surface area contributed by atoms with Gasteiger partial charge in [-0.1, -0.05) is 29.4 Å². The molecule has 0 bridgehead atoms. The van der Waals surface area contributed by atoms with Crippen LogP contribution in [-0.2, 0) is 13.0 Å². The standard InChI is InChI=1S/C18H17N5O2/c1-12-8-17(22-25-12)21-16-9-15(19-11-20-16)18(24)23-7-6-13-4-2-3-5-14(13)10-23/h2-5,8-9,11H,6-7,10H2,1H3,(H,19,20,21,22). The van der Waals surface area contributed by atoms with Gasteiger partial charge in [-0.3, -0.25) is 4.79 Å². The smallest absolute Gasteiger partial charge is 0.272 e. The Bertz CT molecular complexity index is 921. The van der Waals surface area contributed by atoms with E-state index >= 15 is 0 Å². The second-order valence-corrected chi connectivity index (χ2v) is 5.98. The van der Waals surface area contributed by atoms with Gasteiger partial charge in [0.15, 0.2) is 5.82 Å². The van der Waals surface area contributed by atoms with E-state index in [0.29, 0.717) is 36.2 Å². The number of rotatable bonds is 3. The molecule has 0 radical (unpaired) electrons. The Morgan fingerprint density at radius 2 is 2.00 bits per heavy atom. The minimum Gasteiger partial charge on any atom is -0.360 e. The van der Waals surface area contributed by atoms with Gasteiger partial charge in [-0.25, -0.2) is 9.97 Å². The van der Waals surface area contributed by atoms with Crippen LogP contribution >= 0.6 is 0 Å². The number of nitrogens with zero attached hydrogens (tertiary/aromatic N) is 4. The molecule has 1 aliphatic rings. The van der Waals surface area contributed by atoms with E-state index < -0.39 is 0 Å². The highest BCUT2D eigenvalue weighted by Gasteiger charge is 2.22. The van der Waals surface area contributed by atoms with Crippen molar-refractivity contribution in [2.24, 2.45) is 0 Å². The molecule has 126 valence electrons. The number of nitrogens with one attached hydrogen (secondary N) is 1. The highest BCUT2D eigenvalue weighted by molar-refractivity contribution is 5.93. The molecule has 4 rings (SSSR count). The van der Waals surface area contributed by atoms with Crippen molar-refractivity contribution in [2.75, 3.05) is 11.9 Å². The molecule has 1 aromatic carbocycles. The molecule has 1 amide bonds. The van der Waals surface area contributed by atoms with E-state index in [-0.39, 0.29) is 5.91 Å². The fourth-order valence-electron chi connectivity index (χ4n) is 2.93. The molecule has 7 heteroatoms. The maximum Gasteiger partial charge on any atom is 0.272 e. The number of anilines is 2. The van der Waals surface area contributed by atoms with E-state index in [1.807, 2.05) is 17.0 Å². The Hall–Kier alpha value is -3.22.